The Morgan fingerprint density at radius 3 is 2.29 bits per heavy atom. The number of hydrogen-bond acceptors (Lipinski definition) is 3. The summed E-state index contributed by atoms with van der Waals surface area (Å²) >= 11 is 0. The summed E-state index contributed by atoms with van der Waals surface area (Å²) in [4.78, 5) is 8.41. The van der Waals surface area contributed by atoms with Crippen molar-refractivity contribution in [2.75, 3.05) is 7.11 Å². The Hall–Kier alpha value is -1.90. The van der Waals surface area contributed by atoms with Crippen molar-refractivity contribution < 1.29 is 4.74 Å². The standard InChI is InChI=1S/C14H16N2O/c1-9-7-10(2)13(11(3)8-9)12-5-6-15-14(16-12)17-4/h5-8H,1-4H3. The average molecular weight is 228 g/mol. The van der Waals surface area contributed by atoms with Gasteiger partial charge in [-0.1, -0.05) is 17.7 Å². The predicted molar refractivity (Wildman–Crippen MR) is 68.2 cm³/mol. The van der Waals surface area contributed by atoms with Gasteiger partial charge in [0.1, 0.15) is 0 Å². The van der Waals surface area contributed by atoms with Crippen molar-refractivity contribution in [1.82, 2.24) is 9.97 Å². The lowest BCUT2D eigenvalue weighted by molar-refractivity contribution is 0.380. The van der Waals surface area contributed by atoms with E-state index in [1.54, 1.807) is 13.3 Å². The molecule has 0 unspecified atom stereocenters. The molecule has 3 heteroatoms. The van der Waals surface area contributed by atoms with Gasteiger partial charge in [0.15, 0.2) is 0 Å². The van der Waals surface area contributed by atoms with Gasteiger partial charge in [-0.3, -0.25) is 0 Å². The van der Waals surface area contributed by atoms with E-state index in [9.17, 15) is 0 Å². The molecule has 88 valence electrons. The van der Waals surface area contributed by atoms with Crippen molar-refractivity contribution in [3.05, 3.63) is 41.1 Å². The topological polar surface area (TPSA) is 35.0 Å². The molecule has 0 fully saturated rings. The number of nitrogens with zero attached hydrogens (tertiary/aromatic N) is 2. The number of ether oxygens (including phenoxy) is 1. The number of benzene rings is 1. The highest BCUT2D eigenvalue weighted by Gasteiger charge is 2.09. The van der Waals surface area contributed by atoms with Crippen LogP contribution in [-0.4, -0.2) is 17.1 Å². The lowest BCUT2D eigenvalue weighted by Crippen LogP contribution is -1.96. The predicted octanol–water partition coefficient (Wildman–Crippen LogP) is 3.08. The Kier molecular flexibility index (Phi) is 3.09. The third-order valence-electron chi connectivity index (χ3n) is 2.75. The van der Waals surface area contributed by atoms with E-state index in [-0.39, 0.29) is 0 Å². The number of methoxy groups -OCH3 is 1. The number of rotatable bonds is 2. The average Bonchev–Trinajstić information content (AvgIpc) is 2.28. The zero-order valence-corrected chi connectivity index (χ0v) is 10.6. The van der Waals surface area contributed by atoms with Crippen molar-refractivity contribution in [2.45, 2.75) is 20.8 Å². The summed E-state index contributed by atoms with van der Waals surface area (Å²) in [5, 5.41) is 0. The molecular formula is C14H16N2O. The molecular weight excluding hydrogens is 212 g/mol. The summed E-state index contributed by atoms with van der Waals surface area (Å²) in [6.45, 7) is 6.30. The van der Waals surface area contributed by atoms with Crippen LogP contribution >= 0.6 is 0 Å². The Bertz CT molecular complexity index is 527. The van der Waals surface area contributed by atoms with Crippen LogP contribution in [0.15, 0.2) is 24.4 Å². The van der Waals surface area contributed by atoms with Crippen LogP contribution < -0.4 is 4.74 Å². The summed E-state index contributed by atoms with van der Waals surface area (Å²) < 4.78 is 5.06. The monoisotopic (exact) mass is 228 g/mol. The van der Waals surface area contributed by atoms with E-state index in [1.807, 2.05) is 6.07 Å². The third kappa shape index (κ3) is 2.28. The molecule has 0 aliphatic rings. The van der Waals surface area contributed by atoms with Crippen LogP contribution in [0.3, 0.4) is 0 Å². The van der Waals surface area contributed by atoms with Gasteiger partial charge >= 0.3 is 6.01 Å². The molecule has 3 nitrogen and oxygen atoms in total. The van der Waals surface area contributed by atoms with Gasteiger partial charge in [-0.2, -0.15) is 4.98 Å². The van der Waals surface area contributed by atoms with E-state index in [0.29, 0.717) is 6.01 Å². The van der Waals surface area contributed by atoms with Gasteiger partial charge in [-0.15, -0.1) is 0 Å². The van der Waals surface area contributed by atoms with Crippen molar-refractivity contribution in [3.63, 3.8) is 0 Å². The number of hydrogen-bond donors (Lipinski definition) is 0. The smallest absolute Gasteiger partial charge is 0.316 e. The quantitative estimate of drug-likeness (QED) is 0.792. The van der Waals surface area contributed by atoms with Crippen LogP contribution in [-0.2, 0) is 0 Å². The van der Waals surface area contributed by atoms with Crippen LogP contribution in [0, 0.1) is 20.8 Å². The zero-order chi connectivity index (χ0) is 12.4. The first-order valence-corrected chi connectivity index (χ1v) is 5.57. The van der Waals surface area contributed by atoms with Crippen molar-refractivity contribution >= 4 is 0 Å². The van der Waals surface area contributed by atoms with Crippen molar-refractivity contribution in [3.8, 4) is 17.3 Å². The molecule has 0 aliphatic carbocycles. The minimum atomic E-state index is 0.405. The lowest BCUT2D eigenvalue weighted by atomic mass is 9.97. The molecule has 0 amide bonds. The molecule has 0 spiro atoms. The highest BCUT2D eigenvalue weighted by molar-refractivity contribution is 5.68. The first-order valence-electron chi connectivity index (χ1n) is 5.57. The van der Waals surface area contributed by atoms with E-state index in [4.69, 9.17) is 4.74 Å². The second-order valence-corrected chi connectivity index (χ2v) is 4.20. The van der Waals surface area contributed by atoms with E-state index >= 15 is 0 Å². The van der Waals surface area contributed by atoms with E-state index in [0.717, 1.165) is 11.3 Å². The summed E-state index contributed by atoms with van der Waals surface area (Å²) in [6, 6.07) is 6.64. The van der Waals surface area contributed by atoms with Crippen LogP contribution in [0.2, 0.25) is 0 Å². The molecule has 0 radical (unpaired) electrons. The minimum Gasteiger partial charge on any atom is -0.467 e. The first-order chi connectivity index (χ1) is 8.11. The fourth-order valence-electron chi connectivity index (χ4n) is 2.16. The fraction of sp³-hybridized carbons (Fsp3) is 0.286. The maximum atomic E-state index is 5.06. The van der Waals surface area contributed by atoms with E-state index < -0.39 is 0 Å². The molecule has 17 heavy (non-hydrogen) atoms. The van der Waals surface area contributed by atoms with Crippen LogP contribution in [0.25, 0.3) is 11.3 Å². The lowest BCUT2D eigenvalue weighted by Gasteiger charge is -2.11. The minimum absolute atomic E-state index is 0.405. The number of aryl methyl sites for hydroxylation is 3. The second kappa shape index (κ2) is 4.53. The van der Waals surface area contributed by atoms with Gasteiger partial charge in [0.25, 0.3) is 0 Å². The Morgan fingerprint density at radius 1 is 1.06 bits per heavy atom. The highest BCUT2D eigenvalue weighted by Crippen LogP contribution is 2.27. The first kappa shape index (κ1) is 11.6. The summed E-state index contributed by atoms with van der Waals surface area (Å²) in [5.74, 6) is 0. The summed E-state index contributed by atoms with van der Waals surface area (Å²) in [6.07, 6.45) is 1.72. The largest absolute Gasteiger partial charge is 0.467 e. The van der Waals surface area contributed by atoms with Crippen molar-refractivity contribution in [2.24, 2.45) is 0 Å². The molecule has 0 aliphatic heterocycles. The molecule has 0 saturated carbocycles. The van der Waals surface area contributed by atoms with Crippen LogP contribution in [0.1, 0.15) is 16.7 Å². The summed E-state index contributed by atoms with van der Waals surface area (Å²) in [7, 11) is 1.58. The maximum Gasteiger partial charge on any atom is 0.316 e. The van der Waals surface area contributed by atoms with Gasteiger partial charge in [-0.05, 0) is 38.0 Å². The third-order valence-corrected chi connectivity index (χ3v) is 2.75. The fourth-order valence-corrected chi connectivity index (χ4v) is 2.16. The molecule has 2 aromatic rings. The van der Waals surface area contributed by atoms with Gasteiger partial charge in [0, 0.05) is 11.8 Å². The highest BCUT2D eigenvalue weighted by atomic mass is 16.5. The van der Waals surface area contributed by atoms with E-state index in [1.165, 1.54) is 16.7 Å². The molecule has 0 bridgehead atoms. The van der Waals surface area contributed by atoms with Gasteiger partial charge in [0.2, 0.25) is 0 Å². The normalized spacial score (nSPS) is 10.4. The second-order valence-electron chi connectivity index (χ2n) is 4.20. The van der Waals surface area contributed by atoms with Crippen molar-refractivity contribution in [1.29, 1.82) is 0 Å². The molecule has 0 atom stereocenters. The van der Waals surface area contributed by atoms with Crippen LogP contribution in [0.5, 0.6) is 6.01 Å². The summed E-state index contributed by atoms with van der Waals surface area (Å²) in [5.41, 5.74) is 5.79. The zero-order valence-electron chi connectivity index (χ0n) is 10.6. The molecule has 1 heterocycles. The SMILES string of the molecule is COc1nccc(-c2c(C)cc(C)cc2C)n1. The van der Waals surface area contributed by atoms with Gasteiger partial charge in [-0.25, -0.2) is 4.98 Å². The Labute approximate surface area is 102 Å². The maximum absolute atomic E-state index is 5.06. The molecule has 2 rings (SSSR count). The molecule has 1 aromatic heterocycles. The molecule has 1 aromatic carbocycles. The number of aromatic nitrogens is 2. The Balaban J connectivity index is 2.60. The van der Waals surface area contributed by atoms with Crippen LogP contribution in [0.4, 0.5) is 0 Å². The van der Waals surface area contributed by atoms with Gasteiger partial charge in [0.05, 0.1) is 12.8 Å². The molecule has 0 saturated heterocycles. The Morgan fingerprint density at radius 2 is 1.71 bits per heavy atom. The van der Waals surface area contributed by atoms with Gasteiger partial charge < -0.3 is 4.74 Å². The van der Waals surface area contributed by atoms with E-state index in [2.05, 4.69) is 42.9 Å². The molecule has 0 N–H and O–H groups in total.